The molecule has 0 aromatic carbocycles. The fourth-order valence-electron chi connectivity index (χ4n) is 1.65. The van der Waals surface area contributed by atoms with Crippen LogP contribution in [0, 0.1) is 0 Å². The number of hydrogen-bond donors (Lipinski definition) is 0. The van der Waals surface area contributed by atoms with E-state index in [0.29, 0.717) is 17.4 Å². The average molecular weight is 270 g/mol. The highest BCUT2D eigenvalue weighted by Crippen LogP contribution is 2.27. The van der Waals surface area contributed by atoms with E-state index in [4.69, 9.17) is 4.52 Å². The predicted molar refractivity (Wildman–Crippen MR) is 72.5 cm³/mol. The zero-order chi connectivity index (χ0) is 13.1. The lowest BCUT2D eigenvalue weighted by atomic mass is 10.3. The second-order valence-electron chi connectivity index (χ2n) is 3.70. The van der Waals surface area contributed by atoms with E-state index in [1.807, 2.05) is 36.6 Å². The minimum Gasteiger partial charge on any atom is -0.333 e. The lowest BCUT2D eigenvalue weighted by molar-refractivity contribution is 0.431. The van der Waals surface area contributed by atoms with Crippen molar-refractivity contribution < 1.29 is 4.52 Å². The molecular formula is C13H10N4OS. The minimum absolute atomic E-state index is 0.457. The van der Waals surface area contributed by atoms with Crippen molar-refractivity contribution in [2.24, 2.45) is 0 Å². The molecule has 3 aromatic rings. The molecule has 3 heterocycles. The molecule has 0 N–H and O–H groups in total. The molecule has 0 saturated carbocycles. The van der Waals surface area contributed by atoms with Gasteiger partial charge in [-0.05, 0) is 30.5 Å². The third-order valence-electron chi connectivity index (χ3n) is 2.51. The molecule has 6 heteroatoms. The third-order valence-corrected chi connectivity index (χ3v) is 3.23. The Hall–Kier alpha value is -2.21. The first-order chi connectivity index (χ1) is 9.38. The monoisotopic (exact) mass is 270 g/mol. The molecule has 0 spiro atoms. The number of nitrogens with zero attached hydrogens (tertiary/aromatic N) is 4. The maximum Gasteiger partial charge on any atom is 0.261 e. The van der Waals surface area contributed by atoms with Gasteiger partial charge in [-0.3, -0.25) is 4.98 Å². The van der Waals surface area contributed by atoms with Crippen molar-refractivity contribution in [1.29, 1.82) is 0 Å². The Morgan fingerprint density at radius 2 is 1.95 bits per heavy atom. The molecule has 3 rings (SSSR count). The molecule has 0 atom stereocenters. The zero-order valence-electron chi connectivity index (χ0n) is 10.1. The van der Waals surface area contributed by atoms with Gasteiger partial charge in [0.15, 0.2) is 0 Å². The van der Waals surface area contributed by atoms with E-state index < -0.39 is 0 Å². The highest BCUT2D eigenvalue weighted by atomic mass is 32.2. The first-order valence-electron chi connectivity index (χ1n) is 5.63. The van der Waals surface area contributed by atoms with Crippen LogP contribution in [-0.4, -0.2) is 26.4 Å². The molecule has 94 valence electrons. The summed E-state index contributed by atoms with van der Waals surface area (Å²) in [5, 5.41) is 4.81. The highest BCUT2D eigenvalue weighted by Gasteiger charge is 2.14. The van der Waals surface area contributed by atoms with Gasteiger partial charge in [0.2, 0.25) is 5.82 Å². The van der Waals surface area contributed by atoms with Gasteiger partial charge < -0.3 is 4.52 Å². The topological polar surface area (TPSA) is 64.7 Å². The maximum atomic E-state index is 5.29. The fourth-order valence-corrected chi connectivity index (χ4v) is 2.19. The molecule has 0 unspecified atom stereocenters. The van der Waals surface area contributed by atoms with Gasteiger partial charge in [0.25, 0.3) is 5.89 Å². The maximum absolute atomic E-state index is 5.29. The molecule has 0 saturated heterocycles. The Morgan fingerprint density at radius 1 is 1.05 bits per heavy atom. The van der Waals surface area contributed by atoms with Crippen LogP contribution in [0.25, 0.3) is 23.0 Å². The van der Waals surface area contributed by atoms with Crippen LogP contribution in [-0.2, 0) is 0 Å². The molecule has 0 radical (unpaired) electrons. The normalized spacial score (nSPS) is 10.6. The van der Waals surface area contributed by atoms with Crippen LogP contribution in [0.4, 0.5) is 0 Å². The lowest BCUT2D eigenvalue weighted by Crippen LogP contribution is -1.87. The van der Waals surface area contributed by atoms with E-state index >= 15 is 0 Å². The highest BCUT2D eigenvalue weighted by molar-refractivity contribution is 7.98. The Bertz CT molecular complexity index is 684. The summed E-state index contributed by atoms with van der Waals surface area (Å²) in [5.41, 5.74) is 1.52. The van der Waals surface area contributed by atoms with Crippen molar-refractivity contribution in [2.75, 3.05) is 6.26 Å². The largest absolute Gasteiger partial charge is 0.333 e. The summed E-state index contributed by atoms with van der Waals surface area (Å²) in [4.78, 5) is 12.8. The Labute approximate surface area is 114 Å². The summed E-state index contributed by atoms with van der Waals surface area (Å²) in [6, 6.07) is 9.33. The van der Waals surface area contributed by atoms with Gasteiger partial charge in [-0.2, -0.15) is 4.98 Å². The van der Waals surface area contributed by atoms with Crippen LogP contribution in [0.2, 0.25) is 0 Å². The lowest BCUT2D eigenvalue weighted by Gasteiger charge is -1.99. The van der Waals surface area contributed by atoms with E-state index in [1.165, 1.54) is 0 Å². The summed E-state index contributed by atoms with van der Waals surface area (Å²) in [7, 11) is 0. The smallest absolute Gasteiger partial charge is 0.261 e. The van der Waals surface area contributed by atoms with Crippen molar-refractivity contribution in [3.05, 3.63) is 42.7 Å². The second-order valence-corrected chi connectivity index (χ2v) is 4.49. The zero-order valence-corrected chi connectivity index (χ0v) is 11.0. The average Bonchev–Trinajstić information content (AvgIpc) is 2.98. The number of thioether (sulfide) groups is 1. The summed E-state index contributed by atoms with van der Waals surface area (Å²) >= 11 is 1.54. The van der Waals surface area contributed by atoms with E-state index in [2.05, 4.69) is 20.1 Å². The summed E-state index contributed by atoms with van der Waals surface area (Å²) < 4.78 is 5.29. The van der Waals surface area contributed by atoms with Gasteiger partial charge in [-0.25, -0.2) is 4.98 Å². The SMILES string of the molecule is CSc1ncccc1-c1nc(-c2ccccn2)no1. The number of rotatable bonds is 3. The van der Waals surface area contributed by atoms with E-state index in [0.717, 1.165) is 10.6 Å². The van der Waals surface area contributed by atoms with Crippen LogP contribution in [0.1, 0.15) is 0 Å². The van der Waals surface area contributed by atoms with Gasteiger partial charge in [-0.15, -0.1) is 11.8 Å². The van der Waals surface area contributed by atoms with Gasteiger partial charge in [-0.1, -0.05) is 11.2 Å². The predicted octanol–water partition coefficient (Wildman–Crippen LogP) is 2.92. The van der Waals surface area contributed by atoms with E-state index in [-0.39, 0.29) is 0 Å². The molecule has 0 aliphatic carbocycles. The Kier molecular flexibility index (Phi) is 3.24. The summed E-state index contributed by atoms with van der Waals surface area (Å²) in [6.45, 7) is 0. The summed E-state index contributed by atoms with van der Waals surface area (Å²) in [5.74, 6) is 0.935. The van der Waals surface area contributed by atoms with Gasteiger partial charge in [0, 0.05) is 12.4 Å². The summed E-state index contributed by atoms with van der Waals surface area (Å²) in [6.07, 6.45) is 5.40. The molecule has 0 bridgehead atoms. The molecule has 0 aliphatic heterocycles. The van der Waals surface area contributed by atoms with Crippen LogP contribution in [0.3, 0.4) is 0 Å². The van der Waals surface area contributed by atoms with E-state index in [9.17, 15) is 0 Å². The molecular weight excluding hydrogens is 260 g/mol. The number of hydrogen-bond acceptors (Lipinski definition) is 6. The molecule has 0 amide bonds. The van der Waals surface area contributed by atoms with Crippen molar-refractivity contribution in [1.82, 2.24) is 20.1 Å². The first kappa shape index (κ1) is 11.9. The van der Waals surface area contributed by atoms with Crippen molar-refractivity contribution in [3.8, 4) is 23.0 Å². The van der Waals surface area contributed by atoms with Crippen molar-refractivity contribution in [3.63, 3.8) is 0 Å². The Balaban J connectivity index is 2.02. The fraction of sp³-hybridized carbons (Fsp3) is 0.0769. The van der Waals surface area contributed by atoms with Gasteiger partial charge in [0.1, 0.15) is 10.7 Å². The van der Waals surface area contributed by atoms with Crippen molar-refractivity contribution >= 4 is 11.8 Å². The minimum atomic E-state index is 0.457. The third kappa shape index (κ3) is 2.34. The second kappa shape index (κ2) is 5.19. The Morgan fingerprint density at radius 3 is 2.74 bits per heavy atom. The number of pyridine rings is 2. The molecule has 5 nitrogen and oxygen atoms in total. The molecule has 0 aliphatic rings. The first-order valence-corrected chi connectivity index (χ1v) is 6.85. The number of aromatic nitrogens is 4. The van der Waals surface area contributed by atoms with Gasteiger partial charge in [0.05, 0.1) is 5.56 Å². The molecule has 3 aromatic heterocycles. The van der Waals surface area contributed by atoms with E-state index in [1.54, 1.807) is 24.2 Å². The van der Waals surface area contributed by atoms with Gasteiger partial charge >= 0.3 is 0 Å². The molecule has 0 fully saturated rings. The van der Waals surface area contributed by atoms with Crippen LogP contribution in [0.5, 0.6) is 0 Å². The van der Waals surface area contributed by atoms with Crippen LogP contribution >= 0.6 is 11.8 Å². The van der Waals surface area contributed by atoms with Crippen molar-refractivity contribution in [2.45, 2.75) is 5.03 Å². The quantitative estimate of drug-likeness (QED) is 0.682. The molecule has 19 heavy (non-hydrogen) atoms. The van der Waals surface area contributed by atoms with Crippen LogP contribution in [0.15, 0.2) is 52.3 Å². The van der Waals surface area contributed by atoms with Crippen LogP contribution < -0.4 is 0 Å². The standard InChI is InChI=1S/C13H10N4OS/c1-19-13-9(5-4-8-15-13)12-16-11(17-18-12)10-6-2-3-7-14-10/h2-8H,1H3.